The molecular formula is C23H25F6N7O5. The number of carbonyl (C=O) groups is 3. The lowest BCUT2D eigenvalue weighted by molar-refractivity contribution is -0.193. The van der Waals surface area contributed by atoms with Crippen LogP contribution in [0.2, 0.25) is 0 Å². The molecule has 1 aliphatic rings. The van der Waals surface area contributed by atoms with Crippen molar-refractivity contribution < 1.29 is 50.9 Å². The molecule has 0 aromatic carbocycles. The van der Waals surface area contributed by atoms with Crippen LogP contribution in [-0.4, -0.2) is 82.9 Å². The molecule has 12 nitrogen and oxygen atoms in total. The minimum absolute atomic E-state index is 0.00453. The minimum Gasteiger partial charge on any atom is -0.475 e. The van der Waals surface area contributed by atoms with Crippen molar-refractivity contribution in [3.05, 3.63) is 66.0 Å². The van der Waals surface area contributed by atoms with Crippen LogP contribution in [0.5, 0.6) is 0 Å². The summed E-state index contributed by atoms with van der Waals surface area (Å²) >= 11 is 0. The maximum atomic E-state index is 12.8. The number of hydrogen-bond acceptors (Lipinski definition) is 7. The number of amides is 1. The van der Waals surface area contributed by atoms with Gasteiger partial charge in [0.15, 0.2) is 0 Å². The molecule has 3 aromatic heterocycles. The van der Waals surface area contributed by atoms with Crippen LogP contribution in [0.3, 0.4) is 0 Å². The second kappa shape index (κ2) is 14.2. The van der Waals surface area contributed by atoms with Crippen LogP contribution in [0.25, 0.3) is 0 Å². The van der Waals surface area contributed by atoms with Crippen molar-refractivity contribution >= 4 is 17.8 Å². The predicted octanol–water partition coefficient (Wildman–Crippen LogP) is 2.19. The van der Waals surface area contributed by atoms with E-state index in [0.29, 0.717) is 13.1 Å². The van der Waals surface area contributed by atoms with Gasteiger partial charge in [0.1, 0.15) is 6.04 Å². The third kappa shape index (κ3) is 10.9. The van der Waals surface area contributed by atoms with Gasteiger partial charge in [-0.25, -0.2) is 9.59 Å². The fourth-order valence-electron chi connectivity index (χ4n) is 3.49. The molecule has 1 atom stereocenters. The lowest BCUT2D eigenvalue weighted by atomic mass is 10.1. The van der Waals surface area contributed by atoms with Crippen LogP contribution in [-0.2, 0) is 40.9 Å². The molecule has 1 amide bonds. The summed E-state index contributed by atoms with van der Waals surface area (Å²) in [6.45, 7) is 2.76. The lowest BCUT2D eigenvalue weighted by Crippen LogP contribution is -2.45. The van der Waals surface area contributed by atoms with Gasteiger partial charge < -0.3 is 15.5 Å². The van der Waals surface area contributed by atoms with Crippen molar-refractivity contribution in [3.63, 3.8) is 0 Å². The molecule has 0 saturated carbocycles. The second-order valence-corrected chi connectivity index (χ2v) is 8.48. The number of alkyl halides is 6. The molecule has 18 heteroatoms. The first kappa shape index (κ1) is 32.7. The van der Waals surface area contributed by atoms with Gasteiger partial charge in [-0.05, 0) is 30.2 Å². The number of halogens is 6. The Bertz CT molecular complexity index is 1270. The number of aryl methyl sites for hydroxylation is 1. The van der Waals surface area contributed by atoms with Crippen LogP contribution >= 0.6 is 0 Å². The molecule has 1 unspecified atom stereocenters. The van der Waals surface area contributed by atoms with E-state index in [-0.39, 0.29) is 11.9 Å². The number of rotatable bonds is 6. The molecule has 41 heavy (non-hydrogen) atoms. The summed E-state index contributed by atoms with van der Waals surface area (Å²) in [6, 6.07) is 5.59. The van der Waals surface area contributed by atoms with Crippen molar-refractivity contribution in [2.45, 2.75) is 37.9 Å². The molecule has 3 N–H and O–H groups in total. The highest BCUT2D eigenvalue weighted by atomic mass is 19.4. The van der Waals surface area contributed by atoms with E-state index in [1.807, 2.05) is 42.3 Å². The van der Waals surface area contributed by atoms with Crippen molar-refractivity contribution in [1.82, 2.24) is 34.8 Å². The number of carbonyl (C=O) groups excluding carboxylic acids is 1. The second-order valence-electron chi connectivity index (χ2n) is 8.48. The standard InChI is InChI=1S/C19H23N7O.2C2HF3O2/c1-24-11-16(10-23-24)12-25-13-17-5-9-22-26(17)18(14-25)19(27)21-8-4-15-2-6-20-7-3-15;2*3-2(4,5)1(6)7/h2-3,5-7,9-11,18H,4,8,12-14H2,1H3,(H,21,27);2*(H,6,7). The topological polar surface area (TPSA) is 155 Å². The highest BCUT2D eigenvalue weighted by Gasteiger charge is 2.39. The summed E-state index contributed by atoms with van der Waals surface area (Å²) in [5, 5.41) is 25.9. The Balaban J connectivity index is 0.000000349. The van der Waals surface area contributed by atoms with Crippen LogP contribution in [0.15, 0.2) is 49.2 Å². The Morgan fingerprint density at radius 3 is 2.05 bits per heavy atom. The van der Waals surface area contributed by atoms with Gasteiger partial charge >= 0.3 is 24.3 Å². The van der Waals surface area contributed by atoms with Gasteiger partial charge in [-0.1, -0.05) is 0 Å². The molecule has 0 aliphatic carbocycles. The average molecular weight is 593 g/mol. The van der Waals surface area contributed by atoms with E-state index in [2.05, 4.69) is 25.4 Å². The highest BCUT2D eigenvalue weighted by molar-refractivity contribution is 5.80. The SMILES string of the molecule is Cn1cc(CN2Cc3ccnn3C(C(=O)NCCc3ccncc3)C2)cn1.O=C(O)C(F)(F)F.O=C(O)C(F)(F)F. The maximum absolute atomic E-state index is 12.8. The third-order valence-corrected chi connectivity index (χ3v) is 5.28. The smallest absolute Gasteiger partial charge is 0.475 e. The van der Waals surface area contributed by atoms with Crippen LogP contribution in [0, 0.1) is 0 Å². The molecule has 0 spiro atoms. The summed E-state index contributed by atoms with van der Waals surface area (Å²) in [7, 11) is 1.91. The number of nitrogens with one attached hydrogen (secondary N) is 1. The molecular weight excluding hydrogens is 568 g/mol. The van der Waals surface area contributed by atoms with Crippen molar-refractivity contribution in [2.75, 3.05) is 13.1 Å². The fourth-order valence-corrected chi connectivity index (χ4v) is 3.49. The number of fused-ring (bicyclic) bond motifs is 1. The minimum atomic E-state index is -5.08. The highest BCUT2D eigenvalue weighted by Crippen LogP contribution is 2.22. The number of pyridine rings is 1. The first-order valence-electron chi connectivity index (χ1n) is 11.6. The van der Waals surface area contributed by atoms with Gasteiger partial charge in [-0.2, -0.15) is 36.5 Å². The van der Waals surface area contributed by atoms with Crippen LogP contribution in [0.1, 0.15) is 22.9 Å². The summed E-state index contributed by atoms with van der Waals surface area (Å²) < 4.78 is 67.1. The molecule has 0 saturated heterocycles. The number of carboxylic acid groups (broad SMARTS) is 2. The number of aliphatic carboxylic acids is 2. The summed E-state index contributed by atoms with van der Waals surface area (Å²) in [5.74, 6) is -5.51. The first-order chi connectivity index (χ1) is 19.1. The first-order valence-corrected chi connectivity index (χ1v) is 11.6. The molecule has 4 rings (SSSR count). The van der Waals surface area contributed by atoms with E-state index in [0.717, 1.165) is 36.3 Å². The van der Waals surface area contributed by atoms with E-state index in [9.17, 15) is 31.1 Å². The Hall–Kier alpha value is -4.48. The number of hydrogen-bond donors (Lipinski definition) is 3. The molecule has 0 radical (unpaired) electrons. The van der Waals surface area contributed by atoms with E-state index >= 15 is 0 Å². The van der Waals surface area contributed by atoms with E-state index in [4.69, 9.17) is 19.8 Å². The molecule has 1 aliphatic heterocycles. The zero-order valence-electron chi connectivity index (χ0n) is 21.3. The molecule has 3 aromatic rings. The third-order valence-electron chi connectivity index (χ3n) is 5.28. The summed E-state index contributed by atoms with van der Waals surface area (Å²) in [6.07, 6.45) is -0.201. The van der Waals surface area contributed by atoms with Gasteiger partial charge in [-0.3, -0.25) is 24.0 Å². The lowest BCUT2D eigenvalue weighted by Gasteiger charge is -2.32. The van der Waals surface area contributed by atoms with Crippen LogP contribution < -0.4 is 5.32 Å². The van der Waals surface area contributed by atoms with Crippen LogP contribution in [0.4, 0.5) is 26.3 Å². The molecule has 4 heterocycles. The molecule has 224 valence electrons. The van der Waals surface area contributed by atoms with Gasteiger partial charge in [0.05, 0.1) is 11.9 Å². The van der Waals surface area contributed by atoms with Crippen molar-refractivity contribution in [1.29, 1.82) is 0 Å². The van der Waals surface area contributed by atoms with Gasteiger partial charge in [0.2, 0.25) is 5.91 Å². The Kier molecular flexibility index (Phi) is 11.4. The monoisotopic (exact) mass is 593 g/mol. The normalized spacial score (nSPS) is 15.0. The zero-order valence-corrected chi connectivity index (χ0v) is 21.3. The maximum Gasteiger partial charge on any atom is 0.490 e. The Morgan fingerprint density at radius 2 is 1.54 bits per heavy atom. The van der Waals surface area contributed by atoms with Gasteiger partial charge in [0.25, 0.3) is 0 Å². The van der Waals surface area contributed by atoms with E-state index in [1.165, 1.54) is 0 Å². The predicted molar refractivity (Wildman–Crippen MR) is 127 cm³/mol. The van der Waals surface area contributed by atoms with E-state index in [1.54, 1.807) is 23.3 Å². The molecule has 0 bridgehead atoms. The fraction of sp³-hybridized carbons (Fsp3) is 0.391. The van der Waals surface area contributed by atoms with Gasteiger partial charge in [0, 0.05) is 63.6 Å². The Morgan fingerprint density at radius 1 is 0.951 bits per heavy atom. The quantitative estimate of drug-likeness (QED) is 0.365. The summed E-state index contributed by atoms with van der Waals surface area (Å²) in [5.41, 5.74) is 3.36. The number of carboxylic acids is 2. The molecule has 0 fully saturated rings. The van der Waals surface area contributed by atoms with Crippen molar-refractivity contribution in [3.8, 4) is 0 Å². The number of nitrogens with zero attached hydrogens (tertiary/aromatic N) is 6. The zero-order chi connectivity index (χ0) is 30.8. The van der Waals surface area contributed by atoms with Gasteiger partial charge in [-0.15, -0.1) is 0 Å². The number of aromatic nitrogens is 5. The summed E-state index contributed by atoms with van der Waals surface area (Å²) in [4.78, 5) is 36.9. The average Bonchev–Trinajstić information content (AvgIpc) is 3.52. The van der Waals surface area contributed by atoms with Crippen molar-refractivity contribution in [2.24, 2.45) is 7.05 Å². The largest absolute Gasteiger partial charge is 0.490 e. The van der Waals surface area contributed by atoms with E-state index < -0.39 is 24.3 Å². The Labute approximate surface area is 228 Å².